The number of aromatic nitrogens is 3. The normalized spacial score (nSPS) is 10.4. The zero-order valence-electron chi connectivity index (χ0n) is 7.87. The second-order valence-corrected chi connectivity index (χ2v) is 4.11. The Morgan fingerprint density at radius 2 is 2.14 bits per heavy atom. The average molecular weight is 223 g/mol. The van der Waals surface area contributed by atoms with E-state index in [0.29, 0.717) is 4.64 Å². The van der Waals surface area contributed by atoms with Crippen molar-refractivity contribution in [3.63, 3.8) is 0 Å². The minimum atomic E-state index is 0.696. The first kappa shape index (κ1) is 9.48. The van der Waals surface area contributed by atoms with Gasteiger partial charge in [-0.05, 0) is 42.6 Å². The lowest BCUT2D eigenvalue weighted by atomic mass is 10.1. The summed E-state index contributed by atoms with van der Waals surface area (Å²) in [5.41, 5.74) is 3.96. The van der Waals surface area contributed by atoms with E-state index in [1.54, 1.807) is 0 Å². The molecule has 0 spiro atoms. The standard InChI is InChI=1S/C9H9N3S2/c1-5-6(2)9(13)11-10-8(5)7-3-4-14-12-7/h3-4H,1-2H3,(H,11,13). The van der Waals surface area contributed by atoms with Crippen molar-refractivity contribution < 1.29 is 0 Å². The summed E-state index contributed by atoms with van der Waals surface area (Å²) in [6.07, 6.45) is 0. The summed E-state index contributed by atoms with van der Waals surface area (Å²) in [4.78, 5) is 0. The first-order valence-corrected chi connectivity index (χ1v) is 5.41. The van der Waals surface area contributed by atoms with E-state index in [0.717, 1.165) is 22.5 Å². The molecule has 5 heteroatoms. The van der Waals surface area contributed by atoms with Crippen LogP contribution >= 0.6 is 23.8 Å². The molecule has 72 valence electrons. The molecule has 0 aliphatic heterocycles. The highest BCUT2D eigenvalue weighted by Gasteiger charge is 2.08. The molecule has 2 aromatic heterocycles. The molecule has 0 radical (unpaired) electrons. The second kappa shape index (κ2) is 3.59. The van der Waals surface area contributed by atoms with Gasteiger partial charge in [0.25, 0.3) is 0 Å². The summed E-state index contributed by atoms with van der Waals surface area (Å²) in [7, 11) is 0. The number of hydrogen-bond donors (Lipinski definition) is 1. The van der Waals surface area contributed by atoms with Crippen molar-refractivity contribution >= 4 is 23.8 Å². The van der Waals surface area contributed by atoms with E-state index in [9.17, 15) is 0 Å². The molecule has 0 aliphatic carbocycles. The van der Waals surface area contributed by atoms with E-state index in [2.05, 4.69) is 14.6 Å². The minimum absolute atomic E-state index is 0.696. The van der Waals surface area contributed by atoms with Crippen LogP contribution in [0.3, 0.4) is 0 Å². The van der Waals surface area contributed by atoms with E-state index in [1.165, 1.54) is 11.5 Å². The molecule has 1 N–H and O–H groups in total. The van der Waals surface area contributed by atoms with Crippen molar-refractivity contribution in [3.05, 3.63) is 27.2 Å². The maximum absolute atomic E-state index is 5.09. The van der Waals surface area contributed by atoms with Crippen LogP contribution in [0.15, 0.2) is 11.4 Å². The Bertz CT molecular complexity index is 499. The highest BCUT2D eigenvalue weighted by molar-refractivity contribution is 7.71. The third kappa shape index (κ3) is 1.49. The van der Waals surface area contributed by atoms with Crippen molar-refractivity contribution in [2.24, 2.45) is 0 Å². The molecular formula is C9H9N3S2. The van der Waals surface area contributed by atoms with E-state index < -0.39 is 0 Å². The smallest absolute Gasteiger partial charge is 0.122 e. The molecule has 0 atom stereocenters. The minimum Gasteiger partial charge on any atom is -0.267 e. The molecule has 2 rings (SSSR count). The predicted octanol–water partition coefficient (Wildman–Crippen LogP) is 2.88. The summed E-state index contributed by atoms with van der Waals surface area (Å²) < 4.78 is 4.94. The van der Waals surface area contributed by atoms with Crippen LogP contribution in [0.25, 0.3) is 11.4 Å². The lowest BCUT2D eigenvalue weighted by Gasteiger charge is -2.04. The third-order valence-electron chi connectivity index (χ3n) is 2.21. The van der Waals surface area contributed by atoms with Gasteiger partial charge in [-0.3, -0.25) is 5.10 Å². The van der Waals surface area contributed by atoms with Gasteiger partial charge in [0.2, 0.25) is 0 Å². The largest absolute Gasteiger partial charge is 0.267 e. The first-order chi connectivity index (χ1) is 6.70. The second-order valence-electron chi connectivity index (χ2n) is 3.04. The molecule has 0 unspecified atom stereocenters. The number of nitrogens with zero attached hydrogens (tertiary/aromatic N) is 2. The van der Waals surface area contributed by atoms with E-state index in [-0.39, 0.29) is 0 Å². The molecule has 0 aromatic carbocycles. The van der Waals surface area contributed by atoms with Crippen LogP contribution in [0.4, 0.5) is 0 Å². The Morgan fingerprint density at radius 3 is 2.79 bits per heavy atom. The van der Waals surface area contributed by atoms with Gasteiger partial charge in [-0.2, -0.15) is 9.47 Å². The molecule has 0 saturated carbocycles. The zero-order valence-corrected chi connectivity index (χ0v) is 9.50. The monoisotopic (exact) mass is 223 g/mol. The quantitative estimate of drug-likeness (QED) is 0.756. The summed E-state index contributed by atoms with van der Waals surface area (Å²) in [6, 6.07) is 1.95. The first-order valence-electron chi connectivity index (χ1n) is 4.17. The summed E-state index contributed by atoms with van der Waals surface area (Å²) >= 11 is 6.52. The van der Waals surface area contributed by atoms with Gasteiger partial charge >= 0.3 is 0 Å². The number of rotatable bonds is 1. The maximum Gasteiger partial charge on any atom is 0.122 e. The van der Waals surface area contributed by atoms with Crippen molar-refractivity contribution in [1.29, 1.82) is 0 Å². The zero-order chi connectivity index (χ0) is 10.1. The summed E-state index contributed by atoms with van der Waals surface area (Å²) in [5.74, 6) is 0. The molecule has 2 aromatic rings. The van der Waals surface area contributed by atoms with E-state index in [4.69, 9.17) is 12.2 Å². The van der Waals surface area contributed by atoms with Gasteiger partial charge < -0.3 is 0 Å². The number of hydrogen-bond acceptors (Lipinski definition) is 4. The molecule has 0 bridgehead atoms. The van der Waals surface area contributed by atoms with E-state index >= 15 is 0 Å². The Labute approximate surface area is 91.0 Å². The third-order valence-corrected chi connectivity index (χ3v) is 3.17. The van der Waals surface area contributed by atoms with Crippen molar-refractivity contribution in [2.45, 2.75) is 13.8 Å². The van der Waals surface area contributed by atoms with Gasteiger partial charge in [0, 0.05) is 5.38 Å². The molecule has 0 aliphatic rings. The van der Waals surface area contributed by atoms with Crippen molar-refractivity contribution in [2.75, 3.05) is 0 Å². The van der Waals surface area contributed by atoms with Gasteiger partial charge in [-0.1, -0.05) is 12.2 Å². The molecule has 14 heavy (non-hydrogen) atoms. The van der Waals surface area contributed by atoms with Crippen LogP contribution in [0, 0.1) is 18.5 Å². The number of nitrogens with one attached hydrogen (secondary N) is 1. The highest BCUT2D eigenvalue weighted by atomic mass is 32.1. The predicted molar refractivity (Wildman–Crippen MR) is 60.0 cm³/mol. The molecule has 0 saturated heterocycles. The Kier molecular flexibility index (Phi) is 2.43. The van der Waals surface area contributed by atoms with Crippen LogP contribution < -0.4 is 0 Å². The topological polar surface area (TPSA) is 41.6 Å². The fourth-order valence-electron chi connectivity index (χ4n) is 1.21. The molecule has 0 amide bonds. The SMILES string of the molecule is Cc1c(-c2ccsn2)n[nH]c(=S)c1C. The van der Waals surface area contributed by atoms with Gasteiger partial charge in [0.05, 0.1) is 0 Å². The van der Waals surface area contributed by atoms with Crippen molar-refractivity contribution in [3.8, 4) is 11.4 Å². The molecule has 2 heterocycles. The highest BCUT2D eigenvalue weighted by Crippen LogP contribution is 2.21. The van der Waals surface area contributed by atoms with Crippen LogP contribution in [0.5, 0.6) is 0 Å². The fourth-order valence-corrected chi connectivity index (χ4v) is 1.92. The molecular weight excluding hydrogens is 214 g/mol. The van der Waals surface area contributed by atoms with Crippen LogP contribution in [-0.4, -0.2) is 14.6 Å². The Hall–Kier alpha value is -1.07. The average Bonchev–Trinajstić information content (AvgIpc) is 2.67. The summed E-state index contributed by atoms with van der Waals surface area (Å²) in [6.45, 7) is 4.01. The Morgan fingerprint density at radius 1 is 1.36 bits per heavy atom. The van der Waals surface area contributed by atoms with Crippen LogP contribution in [0.1, 0.15) is 11.1 Å². The molecule has 0 fully saturated rings. The maximum atomic E-state index is 5.09. The lowest BCUT2D eigenvalue weighted by Crippen LogP contribution is -1.96. The Balaban J connectivity index is 2.67. The van der Waals surface area contributed by atoms with Crippen molar-refractivity contribution in [1.82, 2.24) is 14.6 Å². The van der Waals surface area contributed by atoms with E-state index in [1.807, 2.05) is 25.3 Å². The van der Waals surface area contributed by atoms with Gasteiger partial charge in [0.15, 0.2) is 0 Å². The van der Waals surface area contributed by atoms with Gasteiger partial charge in [0.1, 0.15) is 16.0 Å². The van der Waals surface area contributed by atoms with Crippen LogP contribution in [-0.2, 0) is 0 Å². The van der Waals surface area contributed by atoms with Gasteiger partial charge in [-0.25, -0.2) is 0 Å². The van der Waals surface area contributed by atoms with Crippen LogP contribution in [0.2, 0.25) is 0 Å². The molecule has 3 nitrogen and oxygen atoms in total. The van der Waals surface area contributed by atoms with Gasteiger partial charge in [-0.15, -0.1) is 0 Å². The lowest BCUT2D eigenvalue weighted by molar-refractivity contribution is 0.983. The summed E-state index contributed by atoms with van der Waals surface area (Å²) in [5, 5.41) is 8.96. The number of aromatic amines is 1. The number of H-pyrrole nitrogens is 1. The fraction of sp³-hybridized carbons (Fsp3) is 0.222.